The van der Waals surface area contributed by atoms with Crippen LogP contribution in [-0.4, -0.2) is 34.7 Å². The molecule has 0 spiro atoms. The van der Waals surface area contributed by atoms with Crippen molar-refractivity contribution in [3.8, 4) is 0 Å². The minimum atomic E-state index is -1.06. The Balaban J connectivity index is 2.09. The lowest BCUT2D eigenvalue weighted by Gasteiger charge is -2.21. The van der Waals surface area contributed by atoms with Crippen LogP contribution in [0.4, 0.5) is 5.69 Å². The van der Waals surface area contributed by atoms with E-state index in [0.717, 1.165) is 12.8 Å². The fourth-order valence-electron chi connectivity index (χ4n) is 2.06. The minimum absolute atomic E-state index is 0.0964. The number of carboxylic acid groups (broad SMARTS) is 1. The standard InChI is InChI=1S/C12H16N2O4/c1-7-10(12(16)17)8(6-13-7)14-11(15)9-4-2-3-5-18-9/h6,9,13H,2-5H2,1H3,(H,14,15)(H,16,17). The third-order valence-electron chi connectivity index (χ3n) is 3.02. The zero-order valence-corrected chi connectivity index (χ0v) is 10.2. The SMILES string of the molecule is Cc1[nH]cc(NC(=O)C2CCCCO2)c1C(=O)O. The van der Waals surface area contributed by atoms with Crippen molar-refractivity contribution in [2.75, 3.05) is 11.9 Å². The van der Waals surface area contributed by atoms with Crippen LogP contribution in [0, 0.1) is 6.92 Å². The maximum Gasteiger partial charge on any atom is 0.339 e. The highest BCUT2D eigenvalue weighted by Crippen LogP contribution is 2.21. The van der Waals surface area contributed by atoms with Crippen LogP contribution in [0.15, 0.2) is 6.20 Å². The summed E-state index contributed by atoms with van der Waals surface area (Å²) in [5.74, 6) is -1.34. The van der Waals surface area contributed by atoms with E-state index in [1.165, 1.54) is 6.20 Å². The summed E-state index contributed by atoms with van der Waals surface area (Å²) >= 11 is 0. The van der Waals surface area contributed by atoms with Crippen molar-refractivity contribution in [1.82, 2.24) is 4.98 Å². The topological polar surface area (TPSA) is 91.4 Å². The first-order chi connectivity index (χ1) is 8.59. The van der Waals surface area contributed by atoms with Gasteiger partial charge in [-0.05, 0) is 26.2 Å². The first-order valence-electron chi connectivity index (χ1n) is 5.93. The summed E-state index contributed by atoms with van der Waals surface area (Å²) in [4.78, 5) is 25.8. The van der Waals surface area contributed by atoms with Crippen LogP contribution in [0.5, 0.6) is 0 Å². The second-order valence-corrected chi connectivity index (χ2v) is 4.35. The molecule has 6 heteroatoms. The summed E-state index contributed by atoms with van der Waals surface area (Å²) in [5, 5.41) is 11.7. The fourth-order valence-corrected chi connectivity index (χ4v) is 2.06. The van der Waals surface area contributed by atoms with E-state index in [9.17, 15) is 9.59 Å². The Labute approximate surface area is 104 Å². The van der Waals surface area contributed by atoms with E-state index in [1.54, 1.807) is 6.92 Å². The number of aromatic amines is 1. The van der Waals surface area contributed by atoms with E-state index in [2.05, 4.69) is 10.3 Å². The third kappa shape index (κ3) is 2.53. The van der Waals surface area contributed by atoms with Gasteiger partial charge in [-0.3, -0.25) is 4.79 Å². The van der Waals surface area contributed by atoms with E-state index in [0.29, 0.717) is 24.4 Å². The molecule has 1 atom stereocenters. The number of nitrogens with one attached hydrogen (secondary N) is 2. The predicted octanol–water partition coefficient (Wildman–Crippen LogP) is 1.53. The molecule has 1 fully saturated rings. The van der Waals surface area contributed by atoms with E-state index < -0.39 is 12.1 Å². The summed E-state index contributed by atoms with van der Waals surface area (Å²) in [6, 6.07) is 0. The average molecular weight is 252 g/mol. The number of amides is 1. The zero-order valence-electron chi connectivity index (χ0n) is 10.2. The van der Waals surface area contributed by atoms with Gasteiger partial charge in [0.2, 0.25) is 0 Å². The van der Waals surface area contributed by atoms with Gasteiger partial charge in [0.1, 0.15) is 11.7 Å². The molecule has 1 aromatic heterocycles. The summed E-state index contributed by atoms with van der Waals surface area (Å²) in [5.41, 5.74) is 0.903. The van der Waals surface area contributed by atoms with Crippen LogP contribution in [0.25, 0.3) is 0 Å². The first kappa shape index (κ1) is 12.6. The molecule has 0 saturated carbocycles. The number of aromatic carboxylic acids is 1. The minimum Gasteiger partial charge on any atom is -0.478 e. The molecule has 0 bridgehead atoms. The van der Waals surface area contributed by atoms with Gasteiger partial charge in [0.25, 0.3) is 5.91 Å². The van der Waals surface area contributed by atoms with Gasteiger partial charge < -0.3 is 20.1 Å². The molecule has 98 valence electrons. The van der Waals surface area contributed by atoms with Crippen molar-refractivity contribution < 1.29 is 19.4 Å². The van der Waals surface area contributed by atoms with Gasteiger partial charge in [0.05, 0.1) is 5.69 Å². The molecule has 1 unspecified atom stereocenters. The van der Waals surface area contributed by atoms with Crippen molar-refractivity contribution >= 4 is 17.6 Å². The lowest BCUT2D eigenvalue weighted by Crippen LogP contribution is -2.33. The highest BCUT2D eigenvalue weighted by molar-refractivity contribution is 6.02. The number of hydrogen-bond acceptors (Lipinski definition) is 3. The lowest BCUT2D eigenvalue weighted by molar-refractivity contribution is -0.129. The molecular formula is C12H16N2O4. The Morgan fingerprint density at radius 3 is 2.89 bits per heavy atom. The van der Waals surface area contributed by atoms with Gasteiger partial charge in [-0.15, -0.1) is 0 Å². The second-order valence-electron chi connectivity index (χ2n) is 4.35. The second kappa shape index (κ2) is 5.22. The van der Waals surface area contributed by atoms with Crippen molar-refractivity contribution in [3.63, 3.8) is 0 Å². The van der Waals surface area contributed by atoms with Gasteiger partial charge in [-0.1, -0.05) is 0 Å². The fraction of sp³-hybridized carbons (Fsp3) is 0.500. The van der Waals surface area contributed by atoms with Crippen molar-refractivity contribution in [3.05, 3.63) is 17.5 Å². The van der Waals surface area contributed by atoms with Gasteiger partial charge in [0.15, 0.2) is 0 Å². The molecule has 1 amide bonds. The number of anilines is 1. The third-order valence-corrected chi connectivity index (χ3v) is 3.02. The highest BCUT2D eigenvalue weighted by atomic mass is 16.5. The predicted molar refractivity (Wildman–Crippen MR) is 64.7 cm³/mol. The van der Waals surface area contributed by atoms with Crippen molar-refractivity contribution in [2.45, 2.75) is 32.3 Å². The van der Waals surface area contributed by atoms with Crippen LogP contribution < -0.4 is 5.32 Å². The Hall–Kier alpha value is -1.82. The van der Waals surface area contributed by atoms with E-state index >= 15 is 0 Å². The maximum atomic E-state index is 11.9. The molecule has 0 radical (unpaired) electrons. The molecule has 1 aliphatic rings. The molecule has 3 N–H and O–H groups in total. The quantitative estimate of drug-likeness (QED) is 0.760. The number of aromatic nitrogens is 1. The first-order valence-corrected chi connectivity index (χ1v) is 5.93. The average Bonchev–Trinajstić information content (AvgIpc) is 2.71. The zero-order chi connectivity index (χ0) is 13.1. The van der Waals surface area contributed by atoms with Crippen LogP contribution in [0.2, 0.25) is 0 Å². The molecule has 1 saturated heterocycles. The maximum absolute atomic E-state index is 11.9. The van der Waals surface area contributed by atoms with Gasteiger partial charge in [-0.2, -0.15) is 0 Å². The molecule has 6 nitrogen and oxygen atoms in total. The molecule has 2 heterocycles. The molecule has 2 rings (SSSR count). The number of hydrogen-bond donors (Lipinski definition) is 3. The van der Waals surface area contributed by atoms with Crippen LogP contribution in [-0.2, 0) is 9.53 Å². The summed E-state index contributed by atoms with van der Waals surface area (Å²) in [6.45, 7) is 2.23. The molecule has 0 aromatic carbocycles. The number of carbonyl (C=O) groups excluding carboxylic acids is 1. The number of carbonyl (C=O) groups is 2. The van der Waals surface area contributed by atoms with Gasteiger partial charge in [0, 0.05) is 18.5 Å². The number of carboxylic acids is 1. The Morgan fingerprint density at radius 2 is 2.28 bits per heavy atom. The lowest BCUT2D eigenvalue weighted by atomic mass is 10.1. The Kier molecular flexibility index (Phi) is 3.66. The van der Waals surface area contributed by atoms with Crippen LogP contribution in [0.3, 0.4) is 0 Å². The molecule has 18 heavy (non-hydrogen) atoms. The molecule has 1 aromatic rings. The van der Waals surface area contributed by atoms with Crippen molar-refractivity contribution in [2.24, 2.45) is 0 Å². The summed E-state index contributed by atoms with van der Waals surface area (Å²) < 4.78 is 5.35. The normalized spacial score (nSPS) is 19.5. The van der Waals surface area contributed by atoms with Crippen LogP contribution >= 0.6 is 0 Å². The summed E-state index contributed by atoms with van der Waals surface area (Å²) in [6.07, 6.45) is 3.61. The number of H-pyrrole nitrogens is 1. The number of ether oxygens (including phenoxy) is 1. The van der Waals surface area contributed by atoms with Gasteiger partial charge >= 0.3 is 5.97 Å². The van der Waals surface area contributed by atoms with E-state index in [4.69, 9.17) is 9.84 Å². The summed E-state index contributed by atoms with van der Waals surface area (Å²) in [7, 11) is 0. The van der Waals surface area contributed by atoms with Gasteiger partial charge in [-0.25, -0.2) is 4.79 Å². The highest BCUT2D eigenvalue weighted by Gasteiger charge is 2.24. The largest absolute Gasteiger partial charge is 0.478 e. The Bertz CT molecular complexity index is 461. The number of rotatable bonds is 3. The Morgan fingerprint density at radius 1 is 1.50 bits per heavy atom. The molecule has 0 aliphatic carbocycles. The smallest absolute Gasteiger partial charge is 0.339 e. The number of aryl methyl sites for hydroxylation is 1. The van der Waals surface area contributed by atoms with E-state index in [-0.39, 0.29) is 11.5 Å². The van der Waals surface area contributed by atoms with Crippen molar-refractivity contribution in [1.29, 1.82) is 0 Å². The monoisotopic (exact) mass is 252 g/mol. The molecule has 1 aliphatic heterocycles. The van der Waals surface area contributed by atoms with Crippen LogP contribution in [0.1, 0.15) is 35.3 Å². The van der Waals surface area contributed by atoms with E-state index in [1.807, 2.05) is 0 Å². The molecular weight excluding hydrogens is 236 g/mol.